The van der Waals surface area contributed by atoms with Crippen molar-refractivity contribution in [3.63, 3.8) is 0 Å². The maximum atomic E-state index is 11.3. The van der Waals surface area contributed by atoms with Gasteiger partial charge in [0.25, 0.3) is 0 Å². The molecule has 12 heteroatoms. The number of aliphatic hydroxyl groups is 7. The van der Waals surface area contributed by atoms with E-state index in [-0.39, 0.29) is 6.29 Å². The third-order valence-corrected chi connectivity index (χ3v) is 3.93. The van der Waals surface area contributed by atoms with Crippen LogP contribution in [0.3, 0.4) is 0 Å². The lowest BCUT2D eigenvalue weighted by atomic mass is 9.96. The Bertz CT molecular complexity index is 464. The average Bonchev–Trinajstić information content (AvgIpc) is 2.62. The predicted octanol–water partition coefficient (Wildman–Crippen LogP) is -5.41. The van der Waals surface area contributed by atoms with Crippen molar-refractivity contribution in [3.8, 4) is 0 Å². The number of rotatable bonds is 9. The molecule has 0 bridgehead atoms. The Kier molecular flexibility index (Phi) is 8.95. The standard InChI is InChI=1S/C14H25NO11/c1-5(19)15-9-12(24)11(23)8(4-18)25-14(9)26-13(7(21)3-17)10(22)6(20)2-16/h2,6-14,17-18,20-24H,3-4H2,1H3,(H,15,19)/t6-,7+,8+,9+,10+,11-,12+,13-,14?/m0/s1. The minimum atomic E-state index is -1.98. The highest BCUT2D eigenvalue weighted by atomic mass is 16.7. The van der Waals surface area contributed by atoms with E-state index < -0.39 is 74.2 Å². The van der Waals surface area contributed by atoms with Crippen LogP contribution in [0.15, 0.2) is 0 Å². The van der Waals surface area contributed by atoms with E-state index in [0.29, 0.717) is 0 Å². The highest BCUT2D eigenvalue weighted by Gasteiger charge is 2.47. The van der Waals surface area contributed by atoms with Crippen molar-refractivity contribution in [1.29, 1.82) is 0 Å². The Balaban J connectivity index is 3.09. The molecule has 12 nitrogen and oxygen atoms in total. The van der Waals surface area contributed by atoms with E-state index in [2.05, 4.69) is 5.32 Å². The summed E-state index contributed by atoms with van der Waals surface area (Å²) in [7, 11) is 0. The molecule has 0 aliphatic carbocycles. The fourth-order valence-corrected chi connectivity index (χ4v) is 2.52. The van der Waals surface area contributed by atoms with E-state index in [1.54, 1.807) is 0 Å². The van der Waals surface area contributed by atoms with E-state index in [1.165, 1.54) is 0 Å². The first-order valence-corrected chi connectivity index (χ1v) is 7.83. The Morgan fingerprint density at radius 1 is 1.23 bits per heavy atom. The number of nitrogens with one attached hydrogen (secondary N) is 1. The third kappa shape index (κ3) is 5.39. The van der Waals surface area contributed by atoms with Crippen LogP contribution >= 0.6 is 0 Å². The monoisotopic (exact) mass is 383 g/mol. The summed E-state index contributed by atoms with van der Waals surface area (Å²) in [5.74, 6) is -0.631. The number of hydrogen-bond donors (Lipinski definition) is 8. The van der Waals surface area contributed by atoms with Gasteiger partial charge in [0, 0.05) is 6.92 Å². The third-order valence-electron chi connectivity index (χ3n) is 3.93. The number of carbonyl (C=O) groups excluding carboxylic acids is 2. The Morgan fingerprint density at radius 2 is 1.85 bits per heavy atom. The van der Waals surface area contributed by atoms with Crippen LogP contribution in [0.5, 0.6) is 0 Å². The van der Waals surface area contributed by atoms with Gasteiger partial charge in [-0.3, -0.25) is 4.79 Å². The highest BCUT2D eigenvalue weighted by molar-refractivity contribution is 5.73. The number of amides is 1. The molecular weight excluding hydrogens is 358 g/mol. The molecule has 1 aliphatic heterocycles. The topological polar surface area (TPSA) is 206 Å². The van der Waals surface area contributed by atoms with E-state index >= 15 is 0 Å². The summed E-state index contributed by atoms with van der Waals surface area (Å²) in [6.45, 7) is -0.531. The second-order valence-electron chi connectivity index (χ2n) is 5.90. The van der Waals surface area contributed by atoms with Gasteiger partial charge in [-0.15, -0.1) is 0 Å². The van der Waals surface area contributed by atoms with Crippen molar-refractivity contribution < 1.29 is 54.8 Å². The number of ether oxygens (including phenoxy) is 2. The number of aldehydes is 1. The molecule has 1 heterocycles. The molecule has 0 saturated carbocycles. The zero-order valence-electron chi connectivity index (χ0n) is 14.0. The lowest BCUT2D eigenvalue weighted by Crippen LogP contribution is -2.66. The van der Waals surface area contributed by atoms with Gasteiger partial charge in [0.05, 0.1) is 13.2 Å². The molecule has 0 spiro atoms. The number of hydrogen-bond acceptors (Lipinski definition) is 11. The average molecular weight is 383 g/mol. The van der Waals surface area contributed by atoms with Gasteiger partial charge in [-0.2, -0.15) is 0 Å². The van der Waals surface area contributed by atoms with Gasteiger partial charge < -0.3 is 55.3 Å². The molecule has 8 N–H and O–H groups in total. The zero-order valence-corrected chi connectivity index (χ0v) is 14.0. The van der Waals surface area contributed by atoms with Crippen LogP contribution in [0.25, 0.3) is 0 Å². The predicted molar refractivity (Wildman–Crippen MR) is 81.4 cm³/mol. The highest BCUT2D eigenvalue weighted by Crippen LogP contribution is 2.25. The second kappa shape index (κ2) is 10.2. The summed E-state index contributed by atoms with van der Waals surface area (Å²) in [4.78, 5) is 22.0. The van der Waals surface area contributed by atoms with Gasteiger partial charge in [-0.25, -0.2) is 0 Å². The number of carbonyl (C=O) groups is 2. The summed E-state index contributed by atoms with van der Waals surface area (Å²) in [5.41, 5.74) is 0. The summed E-state index contributed by atoms with van der Waals surface area (Å²) in [6, 6.07) is -1.38. The van der Waals surface area contributed by atoms with Crippen molar-refractivity contribution in [2.45, 2.75) is 62.0 Å². The number of aliphatic hydroxyl groups excluding tert-OH is 7. The van der Waals surface area contributed by atoms with Gasteiger partial charge >= 0.3 is 0 Å². The normalized spacial score (nSPS) is 33.8. The molecule has 0 aromatic rings. The second-order valence-corrected chi connectivity index (χ2v) is 5.90. The van der Waals surface area contributed by atoms with Crippen LogP contribution in [-0.4, -0.2) is 116 Å². The molecule has 9 atom stereocenters. The molecular formula is C14H25NO11. The molecule has 1 saturated heterocycles. The Labute approximate surface area is 148 Å². The van der Waals surface area contributed by atoms with Gasteiger partial charge in [-0.1, -0.05) is 0 Å². The first kappa shape index (κ1) is 22.8. The summed E-state index contributed by atoms with van der Waals surface area (Å²) < 4.78 is 10.5. The molecule has 1 amide bonds. The van der Waals surface area contributed by atoms with Crippen LogP contribution in [0, 0.1) is 0 Å². The molecule has 1 rings (SSSR count). The van der Waals surface area contributed by atoms with Crippen molar-refractivity contribution >= 4 is 12.2 Å². The first-order chi connectivity index (χ1) is 12.2. The van der Waals surface area contributed by atoms with Gasteiger partial charge in [-0.05, 0) is 0 Å². The summed E-state index contributed by atoms with van der Waals surface area (Å²) in [6.07, 6.45) is -13.6. The zero-order chi connectivity index (χ0) is 20.0. The van der Waals surface area contributed by atoms with Crippen molar-refractivity contribution in [3.05, 3.63) is 0 Å². The van der Waals surface area contributed by atoms with E-state index in [0.717, 1.165) is 6.92 Å². The largest absolute Gasteiger partial charge is 0.394 e. The molecule has 152 valence electrons. The smallest absolute Gasteiger partial charge is 0.217 e. The SMILES string of the molecule is CC(=O)N[C@H]1C(O[C@H]([C@H](O)[C@@H](O)C=O)[C@H](O)CO)O[C@H](CO)[C@H](O)[C@@H]1O. The maximum Gasteiger partial charge on any atom is 0.217 e. The molecule has 1 fully saturated rings. The molecule has 1 aliphatic rings. The van der Waals surface area contributed by atoms with E-state index in [9.17, 15) is 40.2 Å². The molecule has 0 radical (unpaired) electrons. The quantitative estimate of drug-likeness (QED) is 0.176. The summed E-state index contributed by atoms with van der Waals surface area (Å²) in [5, 5.41) is 69.8. The molecule has 26 heavy (non-hydrogen) atoms. The van der Waals surface area contributed by atoms with Crippen LogP contribution in [0.2, 0.25) is 0 Å². The van der Waals surface area contributed by atoms with Gasteiger partial charge in [0.2, 0.25) is 5.91 Å². The van der Waals surface area contributed by atoms with Gasteiger partial charge in [0.1, 0.15) is 48.8 Å². The van der Waals surface area contributed by atoms with Crippen molar-refractivity contribution in [1.82, 2.24) is 5.32 Å². The fourth-order valence-electron chi connectivity index (χ4n) is 2.52. The minimum Gasteiger partial charge on any atom is -0.394 e. The fraction of sp³-hybridized carbons (Fsp3) is 0.857. The van der Waals surface area contributed by atoms with E-state index in [4.69, 9.17) is 14.6 Å². The Morgan fingerprint density at radius 3 is 2.31 bits per heavy atom. The van der Waals surface area contributed by atoms with Crippen LogP contribution < -0.4 is 5.32 Å². The van der Waals surface area contributed by atoms with Crippen LogP contribution in [-0.2, 0) is 19.1 Å². The van der Waals surface area contributed by atoms with Gasteiger partial charge in [0.15, 0.2) is 12.6 Å². The first-order valence-electron chi connectivity index (χ1n) is 7.83. The lowest BCUT2D eigenvalue weighted by molar-refractivity contribution is -0.301. The minimum absolute atomic E-state index is 0.0206. The van der Waals surface area contributed by atoms with Crippen LogP contribution in [0.1, 0.15) is 6.92 Å². The van der Waals surface area contributed by atoms with E-state index in [1.807, 2.05) is 0 Å². The molecule has 0 aromatic heterocycles. The Hall–Kier alpha value is -1.22. The van der Waals surface area contributed by atoms with Crippen molar-refractivity contribution in [2.24, 2.45) is 0 Å². The van der Waals surface area contributed by atoms with Crippen LogP contribution in [0.4, 0.5) is 0 Å². The summed E-state index contributed by atoms with van der Waals surface area (Å²) >= 11 is 0. The maximum absolute atomic E-state index is 11.3. The molecule has 0 aromatic carbocycles. The van der Waals surface area contributed by atoms with Crippen molar-refractivity contribution in [2.75, 3.05) is 13.2 Å². The lowest BCUT2D eigenvalue weighted by Gasteiger charge is -2.44. The molecule has 1 unspecified atom stereocenters.